The minimum absolute atomic E-state index is 0.0960. The van der Waals surface area contributed by atoms with Crippen molar-refractivity contribution in [1.82, 2.24) is 5.32 Å². The van der Waals surface area contributed by atoms with Crippen LogP contribution in [0.5, 0.6) is 0 Å². The molecule has 0 saturated heterocycles. The first-order valence-corrected chi connectivity index (χ1v) is 9.16. The van der Waals surface area contributed by atoms with Crippen molar-refractivity contribution in [3.63, 3.8) is 0 Å². The fourth-order valence-corrected chi connectivity index (χ4v) is 4.28. The Hall–Kier alpha value is -1.86. The number of anilines is 1. The molecule has 22 heavy (non-hydrogen) atoms. The van der Waals surface area contributed by atoms with Crippen LogP contribution in [-0.4, -0.2) is 20.9 Å². The maximum atomic E-state index is 12.4. The predicted octanol–water partition coefficient (Wildman–Crippen LogP) is 2.92. The number of carbonyl (C=O) groups excluding carboxylic acids is 1. The van der Waals surface area contributed by atoms with Crippen LogP contribution in [0.4, 0.5) is 5.69 Å². The van der Waals surface area contributed by atoms with Gasteiger partial charge in [0.15, 0.2) is 0 Å². The van der Waals surface area contributed by atoms with E-state index in [0.29, 0.717) is 17.1 Å². The Morgan fingerprint density at radius 2 is 1.95 bits per heavy atom. The average molecular weight is 338 g/mol. The van der Waals surface area contributed by atoms with Crippen molar-refractivity contribution in [3.8, 4) is 0 Å². The van der Waals surface area contributed by atoms with Crippen LogP contribution in [0.3, 0.4) is 0 Å². The number of sulfonamides is 1. The second kappa shape index (κ2) is 6.50. The van der Waals surface area contributed by atoms with Crippen LogP contribution in [0.15, 0.2) is 34.5 Å². The molecule has 2 aromatic rings. The molecule has 1 amide bonds. The highest BCUT2D eigenvalue weighted by Crippen LogP contribution is 2.24. The summed E-state index contributed by atoms with van der Waals surface area (Å²) in [6, 6.07) is 6.88. The predicted molar refractivity (Wildman–Crippen MR) is 89.1 cm³/mol. The molecule has 1 aromatic carbocycles. The molecular formula is C15H18N2O3S2. The molecule has 2 N–H and O–H groups in total. The summed E-state index contributed by atoms with van der Waals surface area (Å²) in [6.07, 6.45) is 0. The number of thiophene rings is 1. The minimum atomic E-state index is -3.70. The highest BCUT2D eigenvalue weighted by Gasteiger charge is 2.19. The van der Waals surface area contributed by atoms with Gasteiger partial charge in [-0.25, -0.2) is 8.42 Å². The van der Waals surface area contributed by atoms with Gasteiger partial charge in [0, 0.05) is 11.9 Å². The third-order valence-corrected chi connectivity index (χ3v) is 5.50. The van der Waals surface area contributed by atoms with Gasteiger partial charge in [-0.1, -0.05) is 17.7 Å². The van der Waals surface area contributed by atoms with Gasteiger partial charge in [0.1, 0.15) is 0 Å². The molecule has 0 atom stereocenters. The Morgan fingerprint density at radius 1 is 1.23 bits per heavy atom. The molecule has 5 nitrogen and oxygen atoms in total. The average Bonchev–Trinajstić information content (AvgIpc) is 2.93. The molecule has 0 spiro atoms. The maximum absolute atomic E-state index is 12.4. The van der Waals surface area contributed by atoms with Crippen LogP contribution >= 0.6 is 11.3 Å². The molecule has 0 aliphatic carbocycles. The lowest BCUT2D eigenvalue weighted by Gasteiger charge is -2.10. The lowest BCUT2D eigenvalue weighted by atomic mass is 10.1. The summed E-state index contributed by atoms with van der Waals surface area (Å²) in [6.45, 7) is 6.10. The lowest BCUT2D eigenvalue weighted by molar-refractivity contribution is 0.0959. The fraction of sp³-hybridized carbons (Fsp3) is 0.267. The van der Waals surface area contributed by atoms with Crippen LogP contribution in [0.1, 0.15) is 27.7 Å². The van der Waals surface area contributed by atoms with Crippen molar-refractivity contribution in [2.24, 2.45) is 0 Å². The van der Waals surface area contributed by atoms with Gasteiger partial charge in [-0.15, -0.1) is 11.3 Å². The van der Waals surface area contributed by atoms with E-state index in [1.807, 2.05) is 32.9 Å². The molecule has 118 valence electrons. The highest BCUT2D eigenvalue weighted by atomic mass is 32.2. The Balaban J connectivity index is 2.25. The molecule has 1 heterocycles. The number of hydrogen-bond donors (Lipinski definition) is 2. The molecule has 0 radical (unpaired) electrons. The van der Waals surface area contributed by atoms with Crippen LogP contribution in [0.25, 0.3) is 0 Å². The van der Waals surface area contributed by atoms with E-state index in [1.165, 1.54) is 11.4 Å². The zero-order valence-corrected chi connectivity index (χ0v) is 14.3. The van der Waals surface area contributed by atoms with Crippen molar-refractivity contribution >= 4 is 33.0 Å². The molecule has 0 bridgehead atoms. The minimum Gasteiger partial charge on any atom is -0.352 e. The molecule has 0 aliphatic heterocycles. The van der Waals surface area contributed by atoms with Crippen LogP contribution in [0.2, 0.25) is 0 Å². The first-order chi connectivity index (χ1) is 10.3. The Bertz CT molecular complexity index is 795. The van der Waals surface area contributed by atoms with Crippen molar-refractivity contribution in [1.29, 1.82) is 0 Å². The number of hydrogen-bond acceptors (Lipinski definition) is 4. The van der Waals surface area contributed by atoms with E-state index >= 15 is 0 Å². The number of aryl methyl sites for hydroxylation is 2. The number of amides is 1. The fourth-order valence-electron chi connectivity index (χ4n) is 1.96. The topological polar surface area (TPSA) is 75.3 Å². The maximum Gasteiger partial charge on any atom is 0.262 e. The first-order valence-electron chi connectivity index (χ1n) is 6.80. The summed E-state index contributed by atoms with van der Waals surface area (Å²) in [5.74, 6) is -0.263. The van der Waals surface area contributed by atoms with Gasteiger partial charge in [0.05, 0.1) is 15.5 Å². The van der Waals surface area contributed by atoms with Gasteiger partial charge < -0.3 is 5.32 Å². The van der Waals surface area contributed by atoms with Crippen molar-refractivity contribution < 1.29 is 13.2 Å². The van der Waals surface area contributed by atoms with Gasteiger partial charge in [-0.3, -0.25) is 9.52 Å². The van der Waals surface area contributed by atoms with E-state index in [-0.39, 0.29) is 10.8 Å². The Morgan fingerprint density at radius 3 is 2.59 bits per heavy atom. The van der Waals surface area contributed by atoms with E-state index < -0.39 is 10.0 Å². The molecule has 0 aliphatic rings. The summed E-state index contributed by atoms with van der Waals surface area (Å²) in [5.41, 5.74) is 2.45. The van der Waals surface area contributed by atoms with Gasteiger partial charge in [-0.2, -0.15) is 0 Å². The highest BCUT2D eigenvalue weighted by molar-refractivity contribution is 7.92. The standard InChI is InChI=1S/C15H18N2O3S2/c1-4-16-15(18)14-8-12(9-21-14)22(19,20)17-13-6-5-10(2)7-11(13)3/h5-9,17H,4H2,1-3H3,(H,16,18). The summed E-state index contributed by atoms with van der Waals surface area (Å²) in [4.78, 5) is 12.2. The van der Waals surface area contributed by atoms with Crippen LogP contribution in [-0.2, 0) is 10.0 Å². The monoisotopic (exact) mass is 338 g/mol. The molecule has 2 rings (SSSR count). The van der Waals surface area contributed by atoms with E-state index in [4.69, 9.17) is 0 Å². The van der Waals surface area contributed by atoms with Crippen LogP contribution < -0.4 is 10.0 Å². The Labute approximate surface area is 134 Å². The molecule has 0 fully saturated rings. The normalized spacial score (nSPS) is 11.2. The zero-order valence-electron chi connectivity index (χ0n) is 12.6. The number of benzene rings is 1. The lowest BCUT2D eigenvalue weighted by Crippen LogP contribution is -2.21. The van der Waals surface area contributed by atoms with Gasteiger partial charge in [0.2, 0.25) is 0 Å². The number of nitrogens with one attached hydrogen (secondary N) is 2. The number of rotatable bonds is 5. The van der Waals surface area contributed by atoms with Crippen molar-refractivity contribution in [2.45, 2.75) is 25.7 Å². The quantitative estimate of drug-likeness (QED) is 0.880. The van der Waals surface area contributed by atoms with Crippen molar-refractivity contribution in [3.05, 3.63) is 45.6 Å². The van der Waals surface area contributed by atoms with E-state index in [2.05, 4.69) is 10.0 Å². The molecule has 0 saturated carbocycles. The smallest absolute Gasteiger partial charge is 0.262 e. The molecule has 7 heteroatoms. The summed E-state index contributed by atoms with van der Waals surface area (Å²) >= 11 is 1.11. The van der Waals surface area contributed by atoms with E-state index in [0.717, 1.165) is 22.5 Å². The van der Waals surface area contributed by atoms with Gasteiger partial charge >= 0.3 is 0 Å². The van der Waals surface area contributed by atoms with E-state index in [9.17, 15) is 13.2 Å². The molecule has 0 unspecified atom stereocenters. The second-order valence-corrected chi connectivity index (χ2v) is 7.52. The third kappa shape index (κ3) is 3.66. The summed E-state index contributed by atoms with van der Waals surface area (Å²) in [5, 5.41) is 4.12. The zero-order chi connectivity index (χ0) is 16.3. The molecular weight excluding hydrogens is 320 g/mol. The Kier molecular flexibility index (Phi) is 4.87. The molecule has 1 aromatic heterocycles. The van der Waals surface area contributed by atoms with Crippen LogP contribution in [0, 0.1) is 13.8 Å². The van der Waals surface area contributed by atoms with Gasteiger partial charge in [0.25, 0.3) is 15.9 Å². The SMILES string of the molecule is CCNC(=O)c1cc(S(=O)(=O)Nc2ccc(C)cc2C)cs1. The number of carbonyl (C=O) groups is 1. The van der Waals surface area contributed by atoms with Crippen molar-refractivity contribution in [2.75, 3.05) is 11.3 Å². The van der Waals surface area contributed by atoms with Gasteiger partial charge in [-0.05, 0) is 38.5 Å². The van der Waals surface area contributed by atoms with E-state index in [1.54, 1.807) is 6.07 Å². The third-order valence-electron chi connectivity index (χ3n) is 3.07. The summed E-state index contributed by atoms with van der Waals surface area (Å²) in [7, 11) is -3.70. The second-order valence-electron chi connectivity index (χ2n) is 4.93. The first kappa shape index (κ1) is 16.5. The largest absolute Gasteiger partial charge is 0.352 e. The summed E-state index contributed by atoms with van der Waals surface area (Å²) < 4.78 is 27.4.